The Bertz CT molecular complexity index is 385. The number of hydrogen-bond acceptors (Lipinski definition) is 2. The molecular formula is C15H22O2. The van der Waals surface area contributed by atoms with Crippen LogP contribution in [-0.2, 0) is 12.8 Å². The van der Waals surface area contributed by atoms with E-state index in [1.54, 1.807) is 0 Å². The Morgan fingerprint density at radius 1 is 1.06 bits per heavy atom. The molecule has 94 valence electrons. The highest BCUT2D eigenvalue weighted by Crippen LogP contribution is 2.35. The molecule has 2 aliphatic rings. The second-order valence-electron chi connectivity index (χ2n) is 4.64. The van der Waals surface area contributed by atoms with E-state index in [1.807, 2.05) is 13.8 Å². The summed E-state index contributed by atoms with van der Waals surface area (Å²) in [4.78, 5) is 0. The minimum atomic E-state index is 0.624. The summed E-state index contributed by atoms with van der Waals surface area (Å²) in [6.07, 6.45) is 3.37. The lowest BCUT2D eigenvalue weighted by Crippen LogP contribution is -2.19. The fraction of sp³-hybridized carbons (Fsp3) is 0.600. The van der Waals surface area contributed by atoms with E-state index in [0.717, 1.165) is 44.0 Å². The third kappa shape index (κ3) is 2.56. The molecule has 0 fully saturated rings. The zero-order valence-electron chi connectivity index (χ0n) is 11.1. The van der Waals surface area contributed by atoms with E-state index in [0.29, 0.717) is 5.92 Å². The molecule has 0 saturated heterocycles. The Morgan fingerprint density at radius 2 is 1.76 bits per heavy atom. The molecule has 1 aromatic rings. The highest BCUT2D eigenvalue weighted by Gasteiger charge is 2.20. The van der Waals surface area contributed by atoms with Crippen LogP contribution in [0.25, 0.3) is 0 Å². The predicted molar refractivity (Wildman–Crippen MR) is 70.0 cm³/mol. The van der Waals surface area contributed by atoms with E-state index in [9.17, 15) is 0 Å². The number of rotatable bonds is 0. The van der Waals surface area contributed by atoms with E-state index in [1.165, 1.54) is 11.1 Å². The van der Waals surface area contributed by atoms with Gasteiger partial charge in [0.25, 0.3) is 0 Å². The first-order valence-corrected chi connectivity index (χ1v) is 6.74. The Labute approximate surface area is 104 Å². The van der Waals surface area contributed by atoms with E-state index in [-0.39, 0.29) is 0 Å². The third-order valence-corrected chi connectivity index (χ3v) is 3.18. The predicted octanol–water partition coefficient (Wildman–Crippen LogP) is 3.61. The van der Waals surface area contributed by atoms with Crippen LogP contribution in [0.4, 0.5) is 0 Å². The molecule has 0 radical (unpaired) electrons. The van der Waals surface area contributed by atoms with Gasteiger partial charge in [-0.25, -0.2) is 0 Å². The molecule has 0 amide bonds. The number of ether oxygens (including phenoxy) is 2. The van der Waals surface area contributed by atoms with Crippen LogP contribution in [0, 0.1) is 5.92 Å². The van der Waals surface area contributed by atoms with Crippen molar-refractivity contribution in [1.82, 2.24) is 0 Å². The summed E-state index contributed by atoms with van der Waals surface area (Å²) in [7, 11) is 0. The summed E-state index contributed by atoms with van der Waals surface area (Å²) in [5, 5.41) is 0. The Hall–Kier alpha value is -1.18. The molecule has 2 heterocycles. The van der Waals surface area contributed by atoms with Crippen molar-refractivity contribution in [3.63, 3.8) is 0 Å². The van der Waals surface area contributed by atoms with Crippen LogP contribution < -0.4 is 9.47 Å². The quantitative estimate of drug-likeness (QED) is 0.682. The van der Waals surface area contributed by atoms with Crippen LogP contribution in [0.15, 0.2) is 12.1 Å². The number of aryl methyl sites for hydroxylation is 1. The van der Waals surface area contributed by atoms with Gasteiger partial charge in [0.1, 0.15) is 11.5 Å². The van der Waals surface area contributed by atoms with Crippen molar-refractivity contribution in [2.24, 2.45) is 5.92 Å². The van der Waals surface area contributed by atoms with Gasteiger partial charge in [0, 0.05) is 0 Å². The lowest BCUT2D eigenvalue weighted by molar-refractivity contribution is 0.230. The first-order chi connectivity index (χ1) is 8.33. The van der Waals surface area contributed by atoms with Crippen molar-refractivity contribution in [3.8, 4) is 11.5 Å². The first kappa shape index (κ1) is 12.3. The molecule has 2 nitrogen and oxygen atoms in total. The van der Waals surface area contributed by atoms with Crippen molar-refractivity contribution >= 4 is 0 Å². The fourth-order valence-electron chi connectivity index (χ4n) is 2.38. The van der Waals surface area contributed by atoms with Crippen molar-refractivity contribution in [1.29, 1.82) is 0 Å². The fourth-order valence-corrected chi connectivity index (χ4v) is 2.38. The second-order valence-corrected chi connectivity index (χ2v) is 4.64. The topological polar surface area (TPSA) is 18.5 Å². The summed E-state index contributed by atoms with van der Waals surface area (Å²) in [5.41, 5.74) is 2.63. The van der Waals surface area contributed by atoms with E-state index in [4.69, 9.17) is 9.47 Å². The maximum absolute atomic E-state index is 5.75. The molecule has 0 aliphatic carbocycles. The lowest BCUT2D eigenvalue weighted by Gasteiger charge is -2.26. The molecule has 1 atom stereocenters. The summed E-state index contributed by atoms with van der Waals surface area (Å²) >= 11 is 0. The van der Waals surface area contributed by atoms with Gasteiger partial charge in [0.15, 0.2) is 0 Å². The molecule has 0 aromatic heterocycles. The van der Waals surface area contributed by atoms with E-state index >= 15 is 0 Å². The molecule has 0 saturated carbocycles. The third-order valence-electron chi connectivity index (χ3n) is 3.18. The number of benzene rings is 1. The van der Waals surface area contributed by atoms with E-state index < -0.39 is 0 Å². The standard InChI is InChI=1S/C13H16O2.C2H6/c1-9-5-11-7-12-10(3-2-4-14-12)6-13(11)15-8-9;1-2/h6-7,9H,2-5,8H2,1H3;1-2H3. The SMILES string of the molecule is CC.CC1COc2cc3c(cc2C1)OCCC3. The Kier molecular flexibility index (Phi) is 3.93. The van der Waals surface area contributed by atoms with Crippen LogP contribution in [0.1, 0.15) is 38.3 Å². The highest BCUT2D eigenvalue weighted by molar-refractivity contribution is 5.48. The molecule has 17 heavy (non-hydrogen) atoms. The number of hydrogen-bond donors (Lipinski definition) is 0. The Morgan fingerprint density at radius 3 is 2.59 bits per heavy atom. The monoisotopic (exact) mass is 234 g/mol. The van der Waals surface area contributed by atoms with Crippen LogP contribution in [0.3, 0.4) is 0 Å². The second kappa shape index (κ2) is 5.44. The molecule has 1 aromatic carbocycles. The van der Waals surface area contributed by atoms with Gasteiger partial charge in [-0.1, -0.05) is 20.8 Å². The average molecular weight is 234 g/mol. The summed E-state index contributed by atoms with van der Waals surface area (Å²) in [6, 6.07) is 4.36. The summed E-state index contributed by atoms with van der Waals surface area (Å²) in [5.74, 6) is 2.79. The van der Waals surface area contributed by atoms with Crippen molar-refractivity contribution in [2.75, 3.05) is 13.2 Å². The highest BCUT2D eigenvalue weighted by atomic mass is 16.5. The number of fused-ring (bicyclic) bond motifs is 2. The smallest absolute Gasteiger partial charge is 0.123 e. The van der Waals surface area contributed by atoms with Gasteiger partial charge in [0.05, 0.1) is 13.2 Å². The molecule has 0 bridgehead atoms. The van der Waals surface area contributed by atoms with Crippen LogP contribution in [-0.4, -0.2) is 13.2 Å². The van der Waals surface area contributed by atoms with Crippen LogP contribution in [0.2, 0.25) is 0 Å². The Balaban J connectivity index is 0.000000514. The van der Waals surface area contributed by atoms with Gasteiger partial charge in [-0.3, -0.25) is 0 Å². The zero-order valence-corrected chi connectivity index (χ0v) is 11.1. The maximum atomic E-state index is 5.75. The van der Waals surface area contributed by atoms with Gasteiger partial charge < -0.3 is 9.47 Å². The minimum Gasteiger partial charge on any atom is -0.493 e. The van der Waals surface area contributed by atoms with Gasteiger partial charge in [0.2, 0.25) is 0 Å². The van der Waals surface area contributed by atoms with Gasteiger partial charge >= 0.3 is 0 Å². The molecule has 2 aliphatic heterocycles. The summed E-state index contributed by atoms with van der Waals surface area (Å²) in [6.45, 7) is 7.94. The molecular weight excluding hydrogens is 212 g/mol. The molecule has 3 rings (SSSR count). The molecule has 1 unspecified atom stereocenters. The normalized spacial score (nSPS) is 21.0. The van der Waals surface area contributed by atoms with Gasteiger partial charge in [-0.15, -0.1) is 0 Å². The minimum absolute atomic E-state index is 0.624. The van der Waals surface area contributed by atoms with E-state index in [2.05, 4.69) is 19.1 Å². The van der Waals surface area contributed by atoms with Crippen LogP contribution in [0.5, 0.6) is 11.5 Å². The van der Waals surface area contributed by atoms with Gasteiger partial charge in [-0.05, 0) is 48.4 Å². The molecule has 0 spiro atoms. The van der Waals surface area contributed by atoms with Crippen LogP contribution >= 0.6 is 0 Å². The largest absolute Gasteiger partial charge is 0.493 e. The molecule has 0 N–H and O–H groups in total. The molecule has 2 heteroatoms. The summed E-state index contributed by atoms with van der Waals surface area (Å²) < 4.78 is 11.4. The van der Waals surface area contributed by atoms with Crippen molar-refractivity contribution < 1.29 is 9.47 Å². The first-order valence-electron chi connectivity index (χ1n) is 6.74. The van der Waals surface area contributed by atoms with Gasteiger partial charge in [-0.2, -0.15) is 0 Å². The van der Waals surface area contributed by atoms with Crippen molar-refractivity contribution in [3.05, 3.63) is 23.3 Å². The average Bonchev–Trinajstić information content (AvgIpc) is 2.38. The van der Waals surface area contributed by atoms with Crippen molar-refractivity contribution in [2.45, 2.75) is 40.0 Å². The lowest BCUT2D eigenvalue weighted by atomic mass is 9.95. The maximum Gasteiger partial charge on any atom is 0.123 e. The zero-order chi connectivity index (χ0) is 12.3.